The van der Waals surface area contributed by atoms with E-state index in [4.69, 9.17) is 8.83 Å². The van der Waals surface area contributed by atoms with Gasteiger partial charge >= 0.3 is 0 Å². The highest BCUT2D eigenvalue weighted by molar-refractivity contribution is 5.96. The molecule has 0 N–H and O–H groups in total. The van der Waals surface area contributed by atoms with Crippen molar-refractivity contribution in [1.29, 1.82) is 0 Å². The summed E-state index contributed by atoms with van der Waals surface area (Å²) in [6.45, 7) is 0. The summed E-state index contributed by atoms with van der Waals surface area (Å²) in [7, 11) is 0. The molecule has 7 aromatic carbocycles. The molecule has 0 atom stereocenters. The summed E-state index contributed by atoms with van der Waals surface area (Å²) in [5.41, 5.74) is 19.0. The van der Waals surface area contributed by atoms with Crippen LogP contribution in [0.2, 0.25) is 0 Å². The van der Waals surface area contributed by atoms with Gasteiger partial charge in [-0.1, -0.05) is 170 Å². The number of hydrogen-bond donors (Lipinski definition) is 0. The van der Waals surface area contributed by atoms with Crippen LogP contribution >= 0.6 is 0 Å². The zero-order valence-electron chi connectivity index (χ0n) is 29.1. The van der Waals surface area contributed by atoms with Crippen LogP contribution in [0.3, 0.4) is 0 Å². The van der Waals surface area contributed by atoms with Crippen molar-refractivity contribution in [2.75, 3.05) is 0 Å². The Kier molecular flexibility index (Phi) is 5.28. The standard InChI is InChI=1S/C52H30O2/c1-7-19-39-33(13-1)34-14-2-8-20-40(34)51(39)43-23-11-5-17-37(43)49-45(51)29-47(53-49)31-25-27-32(28-26-31)48-30-46-50(54-48)38-18-6-12-24-44(38)52(46)41-21-9-3-15-35(41)36-16-4-10-22-42(36)52/h1-30H. The molecule has 4 aliphatic carbocycles. The SMILES string of the molecule is c1ccc2c(c1)-c1ccccc1C21c2ccccc2-c2oc(-c3ccc(-c4cc5c(o4)-c4ccccc4C54c5ccccc5-c5ccccc54)cc3)cc21. The summed E-state index contributed by atoms with van der Waals surface area (Å²) in [4.78, 5) is 0. The Labute approximate surface area is 312 Å². The van der Waals surface area contributed by atoms with Crippen LogP contribution in [0, 0.1) is 0 Å². The fraction of sp³-hybridized carbons (Fsp3) is 0.0385. The summed E-state index contributed by atoms with van der Waals surface area (Å²) in [5, 5.41) is 0. The summed E-state index contributed by atoms with van der Waals surface area (Å²) < 4.78 is 13.8. The Hall–Kier alpha value is -6.90. The molecule has 0 saturated heterocycles. The van der Waals surface area contributed by atoms with Crippen molar-refractivity contribution in [3.8, 4) is 67.5 Å². The normalized spacial score (nSPS) is 15.0. The maximum Gasteiger partial charge on any atom is 0.139 e. The number of hydrogen-bond acceptors (Lipinski definition) is 2. The van der Waals surface area contributed by atoms with Gasteiger partial charge in [0.15, 0.2) is 0 Å². The average Bonchev–Trinajstić information content (AvgIpc) is 4.07. The molecule has 4 aliphatic rings. The molecule has 0 amide bonds. The molecule has 0 saturated carbocycles. The minimum absolute atomic E-state index is 0.417. The van der Waals surface area contributed by atoms with Crippen molar-refractivity contribution < 1.29 is 8.83 Å². The maximum absolute atomic E-state index is 6.90. The van der Waals surface area contributed by atoms with Crippen molar-refractivity contribution in [2.24, 2.45) is 0 Å². The molecule has 2 heteroatoms. The molecule has 54 heavy (non-hydrogen) atoms. The van der Waals surface area contributed by atoms with Gasteiger partial charge in [-0.25, -0.2) is 0 Å². The minimum Gasteiger partial charge on any atom is -0.456 e. The predicted octanol–water partition coefficient (Wildman–Crippen LogP) is 12.9. The lowest BCUT2D eigenvalue weighted by Gasteiger charge is -2.29. The maximum atomic E-state index is 6.90. The lowest BCUT2D eigenvalue weighted by atomic mass is 9.71. The van der Waals surface area contributed by atoms with E-state index in [-0.39, 0.29) is 0 Å². The van der Waals surface area contributed by atoms with Crippen LogP contribution in [0.5, 0.6) is 0 Å². The largest absolute Gasteiger partial charge is 0.456 e. The number of fused-ring (bicyclic) bond motifs is 20. The molecule has 2 aromatic heterocycles. The Bertz CT molecular complexity index is 2760. The van der Waals surface area contributed by atoms with Crippen LogP contribution in [0.15, 0.2) is 191 Å². The first-order chi connectivity index (χ1) is 26.8. The van der Waals surface area contributed by atoms with Crippen LogP contribution in [-0.4, -0.2) is 0 Å². The van der Waals surface area contributed by atoms with E-state index >= 15 is 0 Å². The van der Waals surface area contributed by atoms with E-state index in [1.54, 1.807) is 0 Å². The highest BCUT2D eigenvalue weighted by Crippen LogP contribution is 2.65. The monoisotopic (exact) mass is 686 g/mol. The quantitative estimate of drug-likeness (QED) is 0.181. The molecule has 13 rings (SSSR count). The molecule has 9 aromatic rings. The first-order valence-electron chi connectivity index (χ1n) is 18.8. The summed E-state index contributed by atoms with van der Waals surface area (Å²) in [5.74, 6) is 3.66. The molecule has 2 nitrogen and oxygen atoms in total. The highest BCUT2D eigenvalue weighted by atomic mass is 16.3. The van der Waals surface area contributed by atoms with Crippen LogP contribution in [0.25, 0.3) is 67.5 Å². The molecule has 0 bridgehead atoms. The lowest BCUT2D eigenvalue weighted by molar-refractivity contribution is 0.594. The molecule has 0 aliphatic heterocycles. The zero-order chi connectivity index (χ0) is 35.2. The summed E-state index contributed by atoms with van der Waals surface area (Å²) in [6, 6.07) is 66.4. The van der Waals surface area contributed by atoms with Crippen molar-refractivity contribution in [3.63, 3.8) is 0 Å². The summed E-state index contributed by atoms with van der Waals surface area (Å²) >= 11 is 0. The van der Waals surface area contributed by atoms with Crippen molar-refractivity contribution in [2.45, 2.75) is 10.8 Å². The third-order valence-electron chi connectivity index (χ3n) is 12.8. The van der Waals surface area contributed by atoms with Crippen LogP contribution in [-0.2, 0) is 10.8 Å². The second-order valence-electron chi connectivity index (χ2n) is 15.1. The van der Waals surface area contributed by atoms with Crippen molar-refractivity contribution in [1.82, 2.24) is 0 Å². The van der Waals surface area contributed by atoms with Gasteiger partial charge in [0.25, 0.3) is 0 Å². The van der Waals surface area contributed by atoms with E-state index in [1.165, 1.54) is 66.8 Å². The van der Waals surface area contributed by atoms with Gasteiger partial charge < -0.3 is 8.83 Å². The lowest BCUT2D eigenvalue weighted by Crippen LogP contribution is -2.25. The Morgan fingerprint density at radius 3 is 0.833 bits per heavy atom. The second kappa shape index (κ2) is 9.95. The van der Waals surface area contributed by atoms with Gasteiger partial charge in [0.05, 0.1) is 10.8 Å². The molecule has 0 radical (unpaired) electrons. The molecule has 0 fully saturated rings. The average molecular weight is 687 g/mol. The number of furan rings is 2. The molecular formula is C52H30O2. The van der Waals surface area contributed by atoms with Crippen molar-refractivity contribution in [3.05, 3.63) is 226 Å². The van der Waals surface area contributed by atoms with E-state index in [0.29, 0.717) is 0 Å². The topological polar surface area (TPSA) is 26.3 Å². The fourth-order valence-electron chi connectivity index (χ4n) is 10.8. The molecule has 2 spiro atoms. The van der Waals surface area contributed by atoms with Crippen molar-refractivity contribution >= 4 is 0 Å². The van der Waals surface area contributed by atoms with Gasteiger partial charge in [0.1, 0.15) is 23.0 Å². The molecule has 0 unspecified atom stereocenters. The highest BCUT2D eigenvalue weighted by Gasteiger charge is 2.55. The van der Waals surface area contributed by atoms with E-state index in [2.05, 4.69) is 182 Å². The predicted molar refractivity (Wildman–Crippen MR) is 214 cm³/mol. The zero-order valence-corrected chi connectivity index (χ0v) is 29.1. The Morgan fingerprint density at radius 2 is 0.519 bits per heavy atom. The minimum atomic E-state index is -0.417. The van der Waals surface area contributed by atoms with Gasteiger partial charge in [-0.3, -0.25) is 0 Å². The summed E-state index contributed by atoms with van der Waals surface area (Å²) in [6.07, 6.45) is 0. The molecular weight excluding hydrogens is 657 g/mol. The number of rotatable bonds is 2. The second-order valence-corrected chi connectivity index (χ2v) is 15.1. The fourth-order valence-corrected chi connectivity index (χ4v) is 10.8. The third-order valence-corrected chi connectivity index (χ3v) is 12.8. The van der Waals surface area contributed by atoms with E-state index in [9.17, 15) is 0 Å². The van der Waals surface area contributed by atoms with Gasteiger partial charge in [-0.15, -0.1) is 0 Å². The van der Waals surface area contributed by atoms with Gasteiger partial charge in [0, 0.05) is 33.4 Å². The van der Waals surface area contributed by atoms with Gasteiger partial charge in [-0.05, 0) is 67.8 Å². The Morgan fingerprint density at radius 1 is 0.259 bits per heavy atom. The van der Waals surface area contributed by atoms with Gasteiger partial charge in [-0.2, -0.15) is 0 Å². The third kappa shape index (κ3) is 3.22. The smallest absolute Gasteiger partial charge is 0.139 e. The van der Waals surface area contributed by atoms with E-state index < -0.39 is 10.8 Å². The first kappa shape index (κ1) is 28.7. The van der Waals surface area contributed by atoms with Crippen LogP contribution in [0.4, 0.5) is 0 Å². The number of benzene rings is 7. The Balaban J connectivity index is 0.948. The molecule has 250 valence electrons. The van der Waals surface area contributed by atoms with Crippen LogP contribution < -0.4 is 0 Å². The van der Waals surface area contributed by atoms with Gasteiger partial charge in [0.2, 0.25) is 0 Å². The van der Waals surface area contributed by atoms with E-state index in [1.807, 2.05) is 0 Å². The first-order valence-corrected chi connectivity index (χ1v) is 18.8. The molecule has 2 heterocycles. The van der Waals surface area contributed by atoms with Crippen LogP contribution in [0.1, 0.15) is 44.5 Å². The van der Waals surface area contributed by atoms with E-state index in [0.717, 1.165) is 45.3 Å².